The third kappa shape index (κ3) is 12.9. The van der Waals surface area contributed by atoms with E-state index in [1.165, 1.54) is 0 Å². The fraction of sp³-hybridized carbons (Fsp3) is 0.516. The maximum Gasteiger partial charge on any atom is 0.326 e. The number of carbonyl (C=O) groups is 3. The lowest BCUT2D eigenvalue weighted by molar-refractivity contribution is -0.139. The lowest BCUT2D eigenvalue weighted by Crippen LogP contribution is -2.41. The number of aliphatic carboxylic acids is 1. The van der Waals surface area contributed by atoms with Crippen LogP contribution in [0.5, 0.6) is 0 Å². The zero-order valence-corrected chi connectivity index (χ0v) is 26.9. The van der Waals surface area contributed by atoms with Crippen molar-refractivity contribution in [1.82, 2.24) is 30.6 Å². The highest BCUT2D eigenvalue weighted by Gasteiger charge is 2.22. The topological polar surface area (TPSA) is 230 Å². The van der Waals surface area contributed by atoms with E-state index >= 15 is 0 Å². The summed E-state index contributed by atoms with van der Waals surface area (Å²) in [6.45, 7) is 6.10. The van der Waals surface area contributed by atoms with E-state index in [9.17, 15) is 19.5 Å². The first-order chi connectivity index (χ1) is 22.7. The Morgan fingerprint density at radius 1 is 0.936 bits per heavy atom. The summed E-state index contributed by atoms with van der Waals surface area (Å²) >= 11 is 0. The van der Waals surface area contributed by atoms with Crippen molar-refractivity contribution in [3.8, 4) is 0 Å². The number of ether oxygens (including phenoxy) is 3. The number of hydrogen-bond acceptors (Lipinski definition) is 13. The monoisotopic (exact) mass is 655 g/mol. The van der Waals surface area contributed by atoms with E-state index < -0.39 is 17.9 Å². The SMILES string of the molecule is CCCCOCCOCCOCCCNC(=O)CCC(NC(=O)c1ccc(N(C)Cc2cnc3nc(N)nc(N)c3n2)cc1)C(=O)O. The van der Waals surface area contributed by atoms with Crippen LogP contribution in [0.25, 0.3) is 11.2 Å². The summed E-state index contributed by atoms with van der Waals surface area (Å²) in [4.78, 5) is 55.4. The van der Waals surface area contributed by atoms with Gasteiger partial charge in [0.25, 0.3) is 5.91 Å². The van der Waals surface area contributed by atoms with Crippen LogP contribution in [-0.4, -0.2) is 102 Å². The third-order valence-electron chi connectivity index (χ3n) is 6.91. The van der Waals surface area contributed by atoms with Gasteiger partial charge in [0.05, 0.1) is 44.9 Å². The lowest BCUT2D eigenvalue weighted by Gasteiger charge is -2.19. The molecule has 1 unspecified atom stereocenters. The highest BCUT2D eigenvalue weighted by Crippen LogP contribution is 2.19. The molecule has 2 heterocycles. The van der Waals surface area contributed by atoms with Gasteiger partial charge in [-0.15, -0.1) is 0 Å². The van der Waals surface area contributed by atoms with Crippen LogP contribution < -0.4 is 27.0 Å². The molecule has 0 aliphatic rings. The summed E-state index contributed by atoms with van der Waals surface area (Å²) in [5.74, 6) is -1.94. The number of nitrogen functional groups attached to an aromatic ring is 2. The van der Waals surface area contributed by atoms with Crippen molar-refractivity contribution in [2.24, 2.45) is 0 Å². The van der Waals surface area contributed by atoms with Gasteiger partial charge in [0, 0.05) is 44.5 Å². The van der Waals surface area contributed by atoms with E-state index in [-0.39, 0.29) is 36.1 Å². The van der Waals surface area contributed by atoms with Crippen LogP contribution in [0, 0.1) is 0 Å². The van der Waals surface area contributed by atoms with Gasteiger partial charge in [-0.25, -0.2) is 14.8 Å². The van der Waals surface area contributed by atoms with E-state index in [1.54, 1.807) is 30.5 Å². The van der Waals surface area contributed by atoms with Crippen LogP contribution in [0.2, 0.25) is 0 Å². The summed E-state index contributed by atoms with van der Waals surface area (Å²) in [5.41, 5.74) is 13.8. The average molecular weight is 656 g/mol. The number of unbranched alkanes of at least 4 members (excludes halogenated alkanes) is 1. The minimum atomic E-state index is -1.23. The maximum absolute atomic E-state index is 12.8. The van der Waals surface area contributed by atoms with Crippen molar-refractivity contribution in [2.45, 2.75) is 51.6 Å². The van der Waals surface area contributed by atoms with Crippen molar-refractivity contribution in [3.05, 3.63) is 41.7 Å². The Morgan fingerprint density at radius 3 is 2.26 bits per heavy atom. The number of aromatic nitrogens is 4. The number of hydrogen-bond donors (Lipinski definition) is 5. The van der Waals surface area contributed by atoms with Gasteiger partial charge in [0.2, 0.25) is 11.9 Å². The molecule has 0 aliphatic heterocycles. The summed E-state index contributed by atoms with van der Waals surface area (Å²) in [5, 5.41) is 14.9. The minimum absolute atomic E-state index is 0.0174. The molecule has 1 aromatic carbocycles. The van der Waals surface area contributed by atoms with Crippen molar-refractivity contribution in [1.29, 1.82) is 0 Å². The van der Waals surface area contributed by atoms with Gasteiger partial charge in [-0.1, -0.05) is 13.3 Å². The van der Waals surface area contributed by atoms with Gasteiger partial charge in [-0.2, -0.15) is 9.97 Å². The molecule has 16 heteroatoms. The van der Waals surface area contributed by atoms with E-state index in [0.29, 0.717) is 69.4 Å². The molecule has 0 aliphatic carbocycles. The number of anilines is 3. The number of carboxylic acid groups (broad SMARTS) is 1. The van der Waals surface area contributed by atoms with Crippen molar-refractivity contribution in [2.75, 3.05) is 69.6 Å². The molecule has 7 N–H and O–H groups in total. The second-order valence-corrected chi connectivity index (χ2v) is 10.7. The summed E-state index contributed by atoms with van der Waals surface area (Å²) < 4.78 is 16.3. The Bertz CT molecular complexity index is 1440. The molecule has 2 aromatic heterocycles. The Morgan fingerprint density at radius 2 is 1.60 bits per heavy atom. The fourth-order valence-electron chi connectivity index (χ4n) is 4.31. The average Bonchev–Trinajstić information content (AvgIpc) is 3.05. The van der Waals surface area contributed by atoms with Crippen molar-refractivity contribution < 1.29 is 33.7 Å². The molecule has 1 atom stereocenters. The quantitative estimate of drug-likeness (QED) is 0.0967. The zero-order chi connectivity index (χ0) is 34.0. The molecule has 16 nitrogen and oxygen atoms in total. The zero-order valence-electron chi connectivity index (χ0n) is 26.9. The number of fused-ring (bicyclic) bond motifs is 1. The van der Waals surface area contributed by atoms with E-state index in [2.05, 4.69) is 37.5 Å². The van der Waals surface area contributed by atoms with Crippen LogP contribution >= 0.6 is 0 Å². The number of nitrogens with two attached hydrogens (primary N) is 2. The highest BCUT2D eigenvalue weighted by molar-refractivity contribution is 5.97. The summed E-state index contributed by atoms with van der Waals surface area (Å²) in [6, 6.07) is 5.40. The van der Waals surface area contributed by atoms with Crippen molar-refractivity contribution in [3.63, 3.8) is 0 Å². The molecule has 0 bridgehead atoms. The lowest BCUT2D eigenvalue weighted by atomic mass is 10.1. The Labute approximate surface area is 273 Å². The Kier molecular flexibility index (Phi) is 15.5. The standard InChI is InChI=1S/C31H45N9O7/c1-3-4-13-45-15-17-47-18-16-46-14-5-12-34-25(41)11-10-24(30(43)44)37-29(42)21-6-8-23(9-7-21)40(2)20-22-19-35-28-26(36-22)27(32)38-31(33)39-28/h6-9,19,24H,3-5,10-18,20H2,1-2H3,(H,34,41)(H,37,42)(H,43,44)(H4,32,33,35,38,39). The molecular formula is C31H45N9O7. The van der Waals surface area contributed by atoms with E-state index in [1.807, 2.05) is 11.9 Å². The molecule has 0 spiro atoms. The van der Waals surface area contributed by atoms with Gasteiger partial charge in [0.1, 0.15) is 6.04 Å². The predicted octanol–water partition coefficient (Wildman–Crippen LogP) is 1.54. The second-order valence-electron chi connectivity index (χ2n) is 10.7. The third-order valence-corrected chi connectivity index (χ3v) is 6.91. The van der Waals surface area contributed by atoms with Crippen LogP contribution in [0.4, 0.5) is 17.5 Å². The highest BCUT2D eigenvalue weighted by atomic mass is 16.5. The van der Waals surface area contributed by atoms with Gasteiger partial charge in [-0.05, 0) is 43.5 Å². The first-order valence-corrected chi connectivity index (χ1v) is 15.6. The van der Waals surface area contributed by atoms with Crippen LogP contribution in [0.1, 0.15) is 55.1 Å². The van der Waals surface area contributed by atoms with Gasteiger partial charge < -0.3 is 46.3 Å². The van der Waals surface area contributed by atoms with Gasteiger partial charge in [0.15, 0.2) is 17.0 Å². The molecule has 0 radical (unpaired) electrons. The minimum Gasteiger partial charge on any atom is -0.480 e. The number of rotatable bonds is 22. The fourth-order valence-corrected chi connectivity index (χ4v) is 4.31. The molecule has 3 aromatic rings. The summed E-state index contributed by atoms with van der Waals surface area (Å²) in [7, 11) is 1.84. The number of carboxylic acids is 1. The summed E-state index contributed by atoms with van der Waals surface area (Å²) in [6.07, 6.45) is 4.20. The normalized spacial score (nSPS) is 11.7. The number of carbonyl (C=O) groups excluding carboxylic acids is 2. The smallest absolute Gasteiger partial charge is 0.326 e. The number of amides is 2. The molecule has 256 valence electrons. The van der Waals surface area contributed by atoms with Gasteiger partial charge >= 0.3 is 5.97 Å². The number of nitrogens with one attached hydrogen (secondary N) is 2. The molecule has 2 amide bonds. The largest absolute Gasteiger partial charge is 0.480 e. The first kappa shape index (κ1) is 36.8. The van der Waals surface area contributed by atoms with Gasteiger partial charge in [-0.3, -0.25) is 9.59 Å². The first-order valence-electron chi connectivity index (χ1n) is 15.6. The van der Waals surface area contributed by atoms with E-state index in [0.717, 1.165) is 25.1 Å². The van der Waals surface area contributed by atoms with E-state index in [4.69, 9.17) is 25.7 Å². The van der Waals surface area contributed by atoms with Crippen LogP contribution in [0.3, 0.4) is 0 Å². The Hall–Kier alpha value is -4.67. The predicted molar refractivity (Wildman–Crippen MR) is 176 cm³/mol. The molecule has 0 saturated heterocycles. The van der Waals surface area contributed by atoms with Crippen molar-refractivity contribution >= 4 is 46.4 Å². The molecule has 0 saturated carbocycles. The maximum atomic E-state index is 12.8. The second kappa shape index (κ2) is 19.8. The number of benzene rings is 1. The van der Waals surface area contributed by atoms with Crippen LogP contribution in [-0.2, 0) is 30.3 Å². The van der Waals surface area contributed by atoms with Crippen LogP contribution in [0.15, 0.2) is 30.5 Å². The molecule has 3 rings (SSSR count). The Balaban J connectivity index is 1.35. The molecule has 47 heavy (non-hydrogen) atoms. The number of nitrogens with zero attached hydrogens (tertiary/aromatic N) is 5. The molecular weight excluding hydrogens is 610 g/mol. The molecule has 0 fully saturated rings.